The predicted molar refractivity (Wildman–Crippen MR) is 59.1 cm³/mol. The molecule has 0 aromatic heterocycles. The number of sulfonamides is 1. The van der Waals surface area contributed by atoms with Crippen LogP contribution in [0, 0.1) is 6.42 Å². The van der Waals surface area contributed by atoms with Crippen molar-refractivity contribution in [2.24, 2.45) is 0 Å². The zero-order chi connectivity index (χ0) is 11.6. The van der Waals surface area contributed by atoms with Crippen LogP contribution in [0.15, 0.2) is 35.2 Å². The predicted octanol–water partition coefficient (Wildman–Crippen LogP) is 0.854. The van der Waals surface area contributed by atoms with E-state index in [0.29, 0.717) is 13.0 Å². The summed E-state index contributed by atoms with van der Waals surface area (Å²) in [5, 5.41) is 0. The fourth-order valence-corrected chi connectivity index (χ4v) is 3.08. The first-order chi connectivity index (χ1) is 7.60. The van der Waals surface area contributed by atoms with Crippen molar-refractivity contribution in [3.8, 4) is 0 Å². The monoisotopic (exact) mass is 238 g/mol. The Hall–Kier alpha value is -1.20. The van der Waals surface area contributed by atoms with Crippen LogP contribution < -0.4 is 0 Å². The number of benzene rings is 1. The van der Waals surface area contributed by atoms with Crippen molar-refractivity contribution < 1.29 is 13.2 Å². The first-order valence-electron chi connectivity index (χ1n) is 5.02. The molecule has 0 saturated carbocycles. The quantitative estimate of drug-likeness (QED) is 0.767. The van der Waals surface area contributed by atoms with E-state index in [2.05, 4.69) is 0 Å². The summed E-state index contributed by atoms with van der Waals surface area (Å²) in [5.41, 5.74) is 0. The van der Waals surface area contributed by atoms with Gasteiger partial charge in [-0.2, -0.15) is 4.31 Å². The Kier molecular flexibility index (Phi) is 3.07. The van der Waals surface area contributed by atoms with Crippen molar-refractivity contribution in [3.05, 3.63) is 36.8 Å². The van der Waals surface area contributed by atoms with Gasteiger partial charge in [-0.15, -0.1) is 0 Å². The van der Waals surface area contributed by atoms with E-state index in [1.54, 1.807) is 18.2 Å². The molecule has 0 unspecified atom stereocenters. The lowest BCUT2D eigenvalue weighted by molar-refractivity contribution is -0.117. The lowest BCUT2D eigenvalue weighted by Gasteiger charge is -2.24. The minimum absolute atomic E-state index is 0.0444. The second-order valence-electron chi connectivity index (χ2n) is 3.61. The molecule has 1 aliphatic rings. The average Bonchev–Trinajstić information content (AvgIpc) is 2.30. The Morgan fingerprint density at radius 1 is 1.12 bits per heavy atom. The largest absolute Gasteiger partial charge is 0.298 e. The van der Waals surface area contributed by atoms with Gasteiger partial charge in [0, 0.05) is 13.0 Å². The molecule has 1 aliphatic heterocycles. The number of rotatable bonds is 2. The topological polar surface area (TPSA) is 54.5 Å². The molecule has 1 aromatic carbocycles. The molecule has 1 aromatic rings. The highest BCUT2D eigenvalue weighted by Gasteiger charge is 2.28. The normalized spacial score (nSPS) is 18.6. The van der Waals surface area contributed by atoms with Crippen LogP contribution in [-0.4, -0.2) is 31.6 Å². The van der Waals surface area contributed by atoms with E-state index in [4.69, 9.17) is 0 Å². The van der Waals surface area contributed by atoms with Crippen LogP contribution in [0.2, 0.25) is 0 Å². The van der Waals surface area contributed by atoms with E-state index >= 15 is 0 Å². The van der Waals surface area contributed by atoms with Gasteiger partial charge in [0.1, 0.15) is 0 Å². The van der Waals surface area contributed by atoms with Crippen molar-refractivity contribution in [2.45, 2.75) is 11.3 Å². The van der Waals surface area contributed by atoms with Crippen molar-refractivity contribution in [1.29, 1.82) is 0 Å². The van der Waals surface area contributed by atoms with E-state index in [-0.39, 0.29) is 17.2 Å². The summed E-state index contributed by atoms with van der Waals surface area (Å²) in [7, 11) is -3.50. The molecule has 85 valence electrons. The number of carbonyl (C=O) groups is 1. The Morgan fingerprint density at radius 3 is 2.44 bits per heavy atom. The second-order valence-corrected chi connectivity index (χ2v) is 5.55. The Labute approximate surface area is 94.9 Å². The highest BCUT2D eigenvalue weighted by Crippen LogP contribution is 2.18. The Balaban J connectivity index is 2.29. The number of hydrogen-bond acceptors (Lipinski definition) is 3. The first kappa shape index (κ1) is 11.3. The summed E-state index contributed by atoms with van der Waals surface area (Å²) in [6, 6.07) is 8.18. The molecular formula is C11H12NO3S. The van der Waals surface area contributed by atoms with E-state index in [9.17, 15) is 13.2 Å². The van der Waals surface area contributed by atoms with Crippen LogP contribution in [0.3, 0.4) is 0 Å². The maximum Gasteiger partial charge on any atom is 0.243 e. The average molecular weight is 238 g/mol. The fourth-order valence-electron chi connectivity index (χ4n) is 1.63. The van der Waals surface area contributed by atoms with Crippen LogP contribution >= 0.6 is 0 Å². The van der Waals surface area contributed by atoms with Crippen molar-refractivity contribution in [2.75, 3.05) is 13.1 Å². The molecule has 0 N–H and O–H groups in total. The lowest BCUT2D eigenvalue weighted by Crippen LogP contribution is -2.40. The molecule has 0 atom stereocenters. The van der Waals surface area contributed by atoms with Gasteiger partial charge < -0.3 is 0 Å². The molecule has 5 heteroatoms. The third kappa shape index (κ3) is 2.15. The number of ketones is 1. The Bertz CT molecular complexity index is 481. The zero-order valence-corrected chi connectivity index (χ0v) is 9.48. The molecule has 1 radical (unpaired) electrons. The van der Waals surface area contributed by atoms with Crippen LogP contribution in [0.4, 0.5) is 0 Å². The molecular weight excluding hydrogens is 226 g/mol. The maximum absolute atomic E-state index is 12.1. The standard InChI is InChI=1S/C11H12NO3S/c13-10-5-4-8-12(9-10)16(14,15)11-6-2-1-3-7-11/h1-3,5-7H,4,8-9H2. The van der Waals surface area contributed by atoms with Gasteiger partial charge in [-0.3, -0.25) is 4.79 Å². The van der Waals surface area contributed by atoms with Gasteiger partial charge in [-0.25, -0.2) is 8.42 Å². The van der Waals surface area contributed by atoms with Crippen LogP contribution in [-0.2, 0) is 14.8 Å². The van der Waals surface area contributed by atoms with Gasteiger partial charge in [-0.1, -0.05) is 18.2 Å². The molecule has 1 saturated heterocycles. The molecule has 2 rings (SSSR count). The summed E-state index contributed by atoms with van der Waals surface area (Å²) in [5.74, 6) is -0.134. The summed E-state index contributed by atoms with van der Waals surface area (Å²) in [6.07, 6.45) is 2.03. The molecule has 1 heterocycles. The van der Waals surface area contributed by atoms with E-state index in [1.165, 1.54) is 22.9 Å². The number of Topliss-reactive ketones (excluding diaryl/α,β-unsaturated/α-hetero) is 1. The maximum atomic E-state index is 12.1. The molecule has 1 fully saturated rings. The molecule has 16 heavy (non-hydrogen) atoms. The van der Waals surface area contributed by atoms with E-state index < -0.39 is 10.0 Å². The number of nitrogens with zero attached hydrogens (tertiary/aromatic N) is 1. The van der Waals surface area contributed by atoms with Crippen molar-refractivity contribution in [1.82, 2.24) is 4.31 Å². The molecule has 0 spiro atoms. The zero-order valence-electron chi connectivity index (χ0n) is 8.67. The third-order valence-corrected chi connectivity index (χ3v) is 4.32. The third-order valence-electron chi connectivity index (χ3n) is 2.46. The van der Waals surface area contributed by atoms with Crippen molar-refractivity contribution in [3.63, 3.8) is 0 Å². The lowest BCUT2D eigenvalue weighted by atomic mass is 10.1. The number of carbonyl (C=O) groups excluding carboxylic acids is 1. The molecule has 4 nitrogen and oxygen atoms in total. The summed E-state index contributed by atoms with van der Waals surface area (Å²) < 4.78 is 25.4. The molecule has 0 amide bonds. The molecule has 0 aliphatic carbocycles. The van der Waals surface area contributed by atoms with E-state index in [1.807, 2.05) is 0 Å². The highest BCUT2D eigenvalue weighted by atomic mass is 32.2. The van der Waals surface area contributed by atoms with Crippen LogP contribution in [0.25, 0.3) is 0 Å². The molecule has 0 bridgehead atoms. The fraction of sp³-hybridized carbons (Fsp3) is 0.273. The SMILES string of the molecule is O=C1[CH]CCN(S(=O)(=O)c2ccccc2)C1. The number of piperidine rings is 1. The number of hydrogen-bond donors (Lipinski definition) is 0. The van der Waals surface area contributed by atoms with Crippen LogP contribution in [0.1, 0.15) is 6.42 Å². The first-order valence-corrected chi connectivity index (χ1v) is 6.46. The van der Waals surface area contributed by atoms with Crippen LogP contribution in [0.5, 0.6) is 0 Å². The summed E-state index contributed by atoms with van der Waals surface area (Å²) >= 11 is 0. The van der Waals surface area contributed by atoms with Gasteiger partial charge >= 0.3 is 0 Å². The Morgan fingerprint density at radius 2 is 1.81 bits per heavy atom. The van der Waals surface area contributed by atoms with Gasteiger partial charge in [0.15, 0.2) is 5.78 Å². The van der Waals surface area contributed by atoms with Gasteiger partial charge in [0.25, 0.3) is 0 Å². The van der Waals surface area contributed by atoms with E-state index in [0.717, 1.165) is 0 Å². The minimum atomic E-state index is -3.50. The van der Waals surface area contributed by atoms with Crippen molar-refractivity contribution >= 4 is 15.8 Å². The second kappa shape index (κ2) is 4.35. The summed E-state index contributed by atoms with van der Waals surface area (Å²) in [6.45, 7) is 0.334. The van der Waals surface area contributed by atoms with Gasteiger partial charge in [-0.05, 0) is 18.6 Å². The van der Waals surface area contributed by atoms with Gasteiger partial charge in [0.2, 0.25) is 10.0 Å². The highest BCUT2D eigenvalue weighted by molar-refractivity contribution is 7.89. The van der Waals surface area contributed by atoms with Gasteiger partial charge in [0.05, 0.1) is 11.4 Å². The minimum Gasteiger partial charge on any atom is -0.298 e. The summed E-state index contributed by atoms with van der Waals surface area (Å²) in [4.78, 5) is 11.4. The smallest absolute Gasteiger partial charge is 0.243 e.